The van der Waals surface area contributed by atoms with E-state index in [0.717, 1.165) is 76.2 Å². The molecule has 0 radical (unpaired) electrons. The van der Waals surface area contributed by atoms with E-state index in [0.29, 0.717) is 29.8 Å². The smallest absolute Gasteiger partial charge is 0.407 e. The fourth-order valence-electron chi connectivity index (χ4n) is 7.09. The van der Waals surface area contributed by atoms with Crippen LogP contribution in [-0.4, -0.2) is 102 Å². The number of hydrogen-bond donors (Lipinski definition) is 4. The number of carbonyl (C=O) groups is 2. The van der Waals surface area contributed by atoms with Crippen LogP contribution in [0, 0.1) is 6.92 Å². The van der Waals surface area contributed by atoms with Gasteiger partial charge in [-0.05, 0) is 90.6 Å². The maximum Gasteiger partial charge on any atom is 0.407 e. The number of carbonyl (C=O) groups excluding carboxylic acids is 2. The molecule has 1 aliphatic carbocycles. The lowest BCUT2D eigenvalue weighted by Crippen LogP contribution is -2.52. The van der Waals surface area contributed by atoms with E-state index in [2.05, 4.69) is 61.7 Å². The van der Waals surface area contributed by atoms with Crippen LogP contribution in [0.3, 0.4) is 0 Å². The molecule has 5 rings (SSSR count). The number of ether oxygens (including phenoxy) is 1. The van der Waals surface area contributed by atoms with Gasteiger partial charge in [-0.25, -0.2) is 14.8 Å². The van der Waals surface area contributed by atoms with E-state index in [1.807, 2.05) is 33.8 Å². The van der Waals surface area contributed by atoms with E-state index >= 15 is 0 Å². The highest BCUT2D eigenvalue weighted by molar-refractivity contribution is 5.96. The van der Waals surface area contributed by atoms with Crippen molar-refractivity contribution in [2.24, 2.45) is 5.73 Å². The van der Waals surface area contributed by atoms with Gasteiger partial charge in [0.15, 0.2) is 17.3 Å². The summed E-state index contributed by atoms with van der Waals surface area (Å²) >= 11 is 0. The molecule has 2 saturated heterocycles. The van der Waals surface area contributed by atoms with Crippen molar-refractivity contribution in [1.29, 1.82) is 0 Å². The number of alkyl carbamates (subject to hydrolysis) is 1. The summed E-state index contributed by atoms with van der Waals surface area (Å²) in [6, 6.07) is 6.75. The molecule has 258 valence electrons. The topological polar surface area (TPSA) is 141 Å². The Morgan fingerprint density at radius 2 is 1.64 bits per heavy atom. The van der Waals surface area contributed by atoms with Gasteiger partial charge in [-0.2, -0.15) is 0 Å². The molecular weight excluding hydrogens is 594 g/mol. The Bertz CT molecular complexity index is 1400. The molecule has 47 heavy (non-hydrogen) atoms. The van der Waals surface area contributed by atoms with Crippen molar-refractivity contribution >= 4 is 35.0 Å². The third-order valence-corrected chi connectivity index (χ3v) is 9.65. The summed E-state index contributed by atoms with van der Waals surface area (Å²) in [5.41, 5.74) is 9.18. The van der Waals surface area contributed by atoms with Crippen LogP contribution in [0.4, 0.5) is 27.8 Å². The lowest BCUT2D eigenvalue weighted by Gasteiger charge is -2.43. The molecule has 0 unspecified atom stereocenters. The van der Waals surface area contributed by atoms with E-state index in [9.17, 15) is 9.59 Å². The van der Waals surface area contributed by atoms with Crippen molar-refractivity contribution in [3.8, 4) is 0 Å². The second-order valence-corrected chi connectivity index (χ2v) is 14.4. The van der Waals surface area contributed by atoms with Crippen LogP contribution < -0.4 is 26.6 Å². The molecule has 2 atom stereocenters. The number of primary amides is 1. The van der Waals surface area contributed by atoms with E-state index in [1.165, 1.54) is 18.5 Å². The molecule has 1 aromatic heterocycles. The van der Waals surface area contributed by atoms with Gasteiger partial charge < -0.3 is 36.2 Å². The molecule has 2 aliphatic heterocycles. The second kappa shape index (κ2) is 15.1. The van der Waals surface area contributed by atoms with Crippen LogP contribution in [0.25, 0.3) is 0 Å². The molecular formula is C35H55N9O3. The maximum absolute atomic E-state index is 12.6. The Hall–Kier alpha value is -3.64. The third-order valence-electron chi connectivity index (χ3n) is 9.65. The fraction of sp³-hybridized carbons (Fsp3) is 0.657. The molecule has 5 N–H and O–H groups in total. The summed E-state index contributed by atoms with van der Waals surface area (Å²) in [5.74, 6) is 0.254. The molecule has 12 nitrogen and oxygen atoms in total. The van der Waals surface area contributed by atoms with Crippen molar-refractivity contribution in [3.05, 3.63) is 35.2 Å². The van der Waals surface area contributed by atoms with Crippen molar-refractivity contribution < 1.29 is 14.3 Å². The Kier molecular flexibility index (Phi) is 11.1. The van der Waals surface area contributed by atoms with Crippen LogP contribution in [0.15, 0.2) is 18.2 Å². The van der Waals surface area contributed by atoms with Gasteiger partial charge in [0.1, 0.15) is 5.60 Å². The summed E-state index contributed by atoms with van der Waals surface area (Å²) < 4.78 is 5.53. The zero-order chi connectivity index (χ0) is 33.7. The molecule has 12 heteroatoms. The number of aryl methyl sites for hydroxylation is 2. The molecule has 2 aromatic rings. The monoisotopic (exact) mass is 649 g/mol. The quantitative estimate of drug-likeness (QED) is 0.303. The number of benzene rings is 1. The van der Waals surface area contributed by atoms with Crippen molar-refractivity contribution in [2.75, 3.05) is 61.8 Å². The van der Waals surface area contributed by atoms with Gasteiger partial charge >= 0.3 is 6.09 Å². The second-order valence-electron chi connectivity index (χ2n) is 14.4. The highest BCUT2D eigenvalue weighted by Gasteiger charge is 2.31. The Morgan fingerprint density at radius 1 is 0.957 bits per heavy atom. The number of piperidine rings is 1. The van der Waals surface area contributed by atoms with Gasteiger partial charge in [-0.1, -0.05) is 19.8 Å². The predicted octanol–water partition coefficient (Wildman–Crippen LogP) is 4.65. The average Bonchev–Trinajstić information content (AvgIpc) is 3.02. The number of rotatable bonds is 9. The Balaban J connectivity index is 1.29. The van der Waals surface area contributed by atoms with Gasteiger partial charge in [0.05, 0.1) is 11.7 Å². The first-order chi connectivity index (χ1) is 22.4. The molecule has 3 aliphatic rings. The molecule has 0 spiro atoms. The number of amides is 2. The van der Waals surface area contributed by atoms with E-state index in [1.54, 1.807) is 0 Å². The van der Waals surface area contributed by atoms with Gasteiger partial charge in [0.2, 0.25) is 0 Å². The van der Waals surface area contributed by atoms with Crippen LogP contribution >= 0.6 is 0 Å². The van der Waals surface area contributed by atoms with E-state index < -0.39 is 17.6 Å². The summed E-state index contributed by atoms with van der Waals surface area (Å²) in [7, 11) is 2.21. The highest BCUT2D eigenvalue weighted by Crippen LogP contribution is 2.31. The number of piperazine rings is 1. The Morgan fingerprint density at radius 3 is 2.26 bits per heavy atom. The molecule has 1 aromatic carbocycles. The summed E-state index contributed by atoms with van der Waals surface area (Å²) in [4.78, 5) is 42.3. The summed E-state index contributed by atoms with van der Waals surface area (Å²) in [5, 5.41) is 9.96. The molecule has 3 heterocycles. The van der Waals surface area contributed by atoms with Crippen molar-refractivity contribution in [1.82, 2.24) is 25.1 Å². The minimum absolute atomic E-state index is 0.0648. The zero-order valence-corrected chi connectivity index (χ0v) is 29.2. The average molecular weight is 650 g/mol. The third kappa shape index (κ3) is 9.04. The number of nitrogens with two attached hydrogens (primary N) is 1. The number of nitrogens with zero attached hydrogens (tertiary/aromatic N) is 5. The van der Waals surface area contributed by atoms with Crippen molar-refractivity contribution in [3.63, 3.8) is 0 Å². The van der Waals surface area contributed by atoms with Crippen LogP contribution in [0.2, 0.25) is 0 Å². The lowest BCUT2D eigenvalue weighted by atomic mass is 9.90. The molecule has 1 saturated carbocycles. The molecule has 2 amide bonds. The number of hydrogen-bond acceptors (Lipinski definition) is 10. The first-order valence-corrected chi connectivity index (χ1v) is 17.4. The number of nitrogens with one attached hydrogen (secondary N) is 3. The lowest BCUT2D eigenvalue weighted by molar-refractivity contribution is 0.0488. The number of aromatic nitrogens is 2. The van der Waals surface area contributed by atoms with Crippen molar-refractivity contribution in [2.45, 2.75) is 103 Å². The highest BCUT2D eigenvalue weighted by atomic mass is 16.6. The molecule has 3 fully saturated rings. The largest absolute Gasteiger partial charge is 0.444 e. The first kappa shape index (κ1) is 34.7. The standard InChI is InChI=1S/C35H55N9O3/c1-7-26-32(39-27-10-8-9-11-28(27)40-34(46)47-35(3,4)5)41-33(30(38-26)31(36)45)37-24-12-13-29(23(2)22-24)44-16-14-25(15-17-44)43-20-18-42(6)19-21-43/h12-13,22,25,27-28H,7-11,14-21H2,1-6H3,(H2,36,45)(H,40,46)(H2,37,39,41)/t27-,28+/m1/s1. The predicted molar refractivity (Wildman–Crippen MR) is 188 cm³/mol. The maximum atomic E-state index is 12.6. The van der Waals surface area contributed by atoms with Crippen LogP contribution in [-0.2, 0) is 11.2 Å². The normalized spacial score (nSPS) is 21.7. The first-order valence-electron chi connectivity index (χ1n) is 17.4. The minimum Gasteiger partial charge on any atom is -0.444 e. The van der Waals surface area contributed by atoms with E-state index in [4.69, 9.17) is 15.5 Å². The zero-order valence-electron chi connectivity index (χ0n) is 29.2. The number of likely N-dealkylation sites (N-methyl/N-ethyl adjacent to an activating group) is 1. The van der Waals surface area contributed by atoms with Gasteiger partial charge in [0, 0.05) is 62.7 Å². The van der Waals surface area contributed by atoms with Gasteiger partial charge in [0.25, 0.3) is 5.91 Å². The SMILES string of the molecule is CCc1nc(C(N)=O)c(Nc2ccc(N3CCC(N4CCN(C)CC4)CC3)c(C)c2)nc1N[C@@H]1CCCC[C@@H]1NC(=O)OC(C)(C)C. The summed E-state index contributed by atoms with van der Waals surface area (Å²) in [6.45, 7) is 16.4. The minimum atomic E-state index is -0.639. The summed E-state index contributed by atoms with van der Waals surface area (Å²) in [6.07, 6.45) is 6.22. The van der Waals surface area contributed by atoms with E-state index in [-0.39, 0.29) is 17.8 Å². The van der Waals surface area contributed by atoms with Gasteiger partial charge in [-0.15, -0.1) is 0 Å². The van der Waals surface area contributed by atoms with Crippen LogP contribution in [0.1, 0.15) is 88.0 Å². The molecule has 0 bridgehead atoms. The Labute approximate surface area is 280 Å². The van der Waals surface area contributed by atoms with Crippen LogP contribution in [0.5, 0.6) is 0 Å². The van der Waals surface area contributed by atoms with Gasteiger partial charge in [-0.3, -0.25) is 9.69 Å². The number of anilines is 4. The fourth-order valence-corrected chi connectivity index (χ4v) is 7.09.